The van der Waals surface area contributed by atoms with E-state index in [4.69, 9.17) is 14.8 Å². The molecule has 0 aliphatic rings. The molecule has 0 atom stereocenters. The fourth-order valence-electron chi connectivity index (χ4n) is 7.26. The van der Waals surface area contributed by atoms with Crippen molar-refractivity contribution in [3.05, 3.63) is 130 Å². The van der Waals surface area contributed by atoms with E-state index in [1.807, 2.05) is 24.4 Å². The van der Waals surface area contributed by atoms with Crippen molar-refractivity contribution in [1.82, 2.24) is 19.3 Å². The van der Waals surface area contributed by atoms with Crippen molar-refractivity contribution in [2.24, 2.45) is 0 Å². The molecule has 0 spiro atoms. The van der Waals surface area contributed by atoms with E-state index in [-0.39, 0.29) is 26.3 Å². The van der Waals surface area contributed by atoms with Crippen molar-refractivity contribution in [3.8, 4) is 34.1 Å². The number of nitrogens with zero attached hydrogens (tertiary/aromatic N) is 4. The van der Waals surface area contributed by atoms with Crippen molar-refractivity contribution in [3.63, 3.8) is 0 Å². The minimum absolute atomic E-state index is 0. The number of hydrogen-bond donors (Lipinski definition) is 0. The van der Waals surface area contributed by atoms with E-state index >= 15 is 0 Å². The van der Waals surface area contributed by atoms with E-state index in [0.717, 1.165) is 69.4 Å². The third kappa shape index (κ3) is 6.55. The number of ether oxygens (including phenoxy) is 1. The largest absolute Gasteiger partial charge is 2.00 e. The molecule has 4 aromatic carbocycles. The normalized spacial score (nSPS) is 11.5. The molecule has 0 aliphatic heterocycles. The van der Waals surface area contributed by atoms with Crippen LogP contribution in [0.15, 0.2) is 79.0 Å². The van der Waals surface area contributed by atoms with Gasteiger partial charge in [0.15, 0.2) is 0 Å². The summed E-state index contributed by atoms with van der Waals surface area (Å²) in [7, 11) is 0. The van der Waals surface area contributed by atoms with Crippen LogP contribution in [0.3, 0.4) is 0 Å². The fourth-order valence-corrected chi connectivity index (χ4v) is 7.26. The second-order valence-electron chi connectivity index (χ2n) is 13.8. The van der Waals surface area contributed by atoms with Gasteiger partial charge in [-0.05, 0) is 98.0 Å². The van der Waals surface area contributed by atoms with E-state index in [1.165, 1.54) is 33.5 Å². The summed E-state index contributed by atoms with van der Waals surface area (Å²) < 4.78 is 10.9. The number of fused-ring (bicyclic) bond motifs is 3. The number of rotatable bonds is 9. The van der Waals surface area contributed by atoms with E-state index in [9.17, 15) is 0 Å². The van der Waals surface area contributed by atoms with Crippen molar-refractivity contribution < 1.29 is 25.2 Å². The van der Waals surface area contributed by atoms with E-state index < -0.39 is 0 Å². The van der Waals surface area contributed by atoms with Crippen molar-refractivity contribution in [2.75, 3.05) is 0 Å². The van der Waals surface area contributed by atoms with Crippen LogP contribution in [0.1, 0.15) is 78.7 Å². The molecule has 0 N–H and O–H groups in total. The number of benzene rings is 4. The SMILES string of the molecule is CCCCc1c(-c2c(C)cc(C)cc2C)c(C(C)C)nn1-c1[c-]c(Oc2[c-]c3c(cc2)c2ccccc2n3-c2cc(C)ccn2)cc(C)c1.[Pd+2]. The van der Waals surface area contributed by atoms with Gasteiger partial charge in [0.25, 0.3) is 0 Å². The zero-order valence-electron chi connectivity index (χ0n) is 30.2. The number of unbranched alkanes of at least 4 members (excludes halogenated alkanes) is 1. The number of para-hydroxylation sites is 1. The Morgan fingerprint density at radius 2 is 1.50 bits per heavy atom. The summed E-state index contributed by atoms with van der Waals surface area (Å²) in [5.41, 5.74) is 13.9. The fraction of sp³-hybridized carbons (Fsp3) is 0.273. The third-order valence-corrected chi connectivity index (χ3v) is 9.36. The topological polar surface area (TPSA) is 44.9 Å². The quantitative estimate of drug-likeness (QED) is 0.109. The van der Waals surface area contributed by atoms with Crippen molar-refractivity contribution in [2.45, 2.75) is 80.6 Å². The zero-order chi connectivity index (χ0) is 34.4. The Balaban J connectivity index is 0.00000432. The van der Waals surface area contributed by atoms with Crippen LogP contribution in [0.4, 0.5) is 0 Å². The predicted molar refractivity (Wildman–Crippen MR) is 202 cm³/mol. The van der Waals surface area contributed by atoms with Crippen LogP contribution in [-0.2, 0) is 26.8 Å². The molecule has 0 saturated carbocycles. The third-order valence-electron chi connectivity index (χ3n) is 9.36. The second kappa shape index (κ2) is 14.4. The average Bonchev–Trinajstić information content (AvgIpc) is 3.59. The molecular formula is C44H44N4OPd. The van der Waals surface area contributed by atoms with E-state index in [1.54, 1.807) is 0 Å². The minimum atomic E-state index is 0. The molecule has 6 heteroatoms. The Hall–Kier alpha value is -4.50. The molecule has 0 radical (unpaired) electrons. The summed E-state index contributed by atoms with van der Waals surface area (Å²) in [5.74, 6) is 2.37. The van der Waals surface area contributed by atoms with Gasteiger partial charge in [0.1, 0.15) is 5.82 Å². The summed E-state index contributed by atoms with van der Waals surface area (Å²) >= 11 is 0. The second-order valence-corrected chi connectivity index (χ2v) is 13.8. The molecule has 0 unspecified atom stereocenters. The van der Waals surface area contributed by atoms with Crippen LogP contribution in [0.5, 0.6) is 11.5 Å². The van der Waals surface area contributed by atoms with E-state index in [0.29, 0.717) is 11.5 Å². The predicted octanol–water partition coefficient (Wildman–Crippen LogP) is 11.4. The number of aryl methyl sites for hydroxylation is 5. The number of pyridine rings is 1. The molecular weight excluding hydrogens is 707 g/mol. The molecule has 0 amide bonds. The van der Waals surface area contributed by atoms with Gasteiger partial charge in [-0.25, -0.2) is 4.98 Å². The number of aromatic nitrogens is 4. The molecule has 0 bridgehead atoms. The van der Waals surface area contributed by atoms with Gasteiger partial charge >= 0.3 is 20.4 Å². The van der Waals surface area contributed by atoms with Crippen molar-refractivity contribution in [1.29, 1.82) is 0 Å². The van der Waals surface area contributed by atoms with Crippen LogP contribution in [0, 0.1) is 46.8 Å². The van der Waals surface area contributed by atoms with Crippen LogP contribution in [-0.4, -0.2) is 19.3 Å². The molecule has 0 aliphatic carbocycles. The van der Waals surface area contributed by atoms with Gasteiger partial charge < -0.3 is 9.30 Å². The smallest absolute Gasteiger partial charge is 0.509 e. The van der Waals surface area contributed by atoms with Gasteiger partial charge in [0, 0.05) is 34.5 Å². The van der Waals surface area contributed by atoms with Crippen molar-refractivity contribution >= 4 is 21.8 Å². The van der Waals surface area contributed by atoms with Gasteiger partial charge in [0.2, 0.25) is 0 Å². The minimum Gasteiger partial charge on any atom is -0.509 e. The average molecular weight is 751 g/mol. The maximum atomic E-state index is 6.60. The summed E-state index contributed by atoms with van der Waals surface area (Å²) in [4.78, 5) is 4.73. The first kappa shape index (κ1) is 35.3. The Morgan fingerprint density at radius 1 is 0.760 bits per heavy atom. The Labute approximate surface area is 310 Å². The molecule has 5 nitrogen and oxygen atoms in total. The Bertz CT molecular complexity index is 2320. The maximum absolute atomic E-state index is 6.60. The number of hydrogen-bond acceptors (Lipinski definition) is 3. The standard InChI is InChI=1S/C44H44N4O.Pd/c1-9-10-14-39-43(42-31(7)20-29(5)21-32(42)8)44(27(2)3)46-48(39)33-22-30(6)23-35(25-33)49-34-16-17-37-36-13-11-12-15-38(36)47(40(37)26-34)41-24-28(4)18-19-45-41;/h11-13,15-24,27H,9-10,14H2,1-8H3;/q-2;+2. The molecule has 3 aromatic heterocycles. The van der Waals surface area contributed by atoms with Crippen LogP contribution in [0.25, 0.3) is 44.4 Å². The molecule has 7 rings (SSSR count). The molecule has 0 fully saturated rings. The Morgan fingerprint density at radius 3 is 2.22 bits per heavy atom. The van der Waals surface area contributed by atoms with Gasteiger partial charge in [-0.15, -0.1) is 35.7 Å². The molecule has 7 aromatic rings. The first-order valence-corrected chi connectivity index (χ1v) is 17.4. The molecule has 256 valence electrons. The first-order chi connectivity index (χ1) is 23.6. The first-order valence-electron chi connectivity index (χ1n) is 17.4. The summed E-state index contributed by atoms with van der Waals surface area (Å²) in [5, 5.41) is 7.59. The summed E-state index contributed by atoms with van der Waals surface area (Å²) in [6, 6.07) is 32.6. The van der Waals surface area contributed by atoms with Gasteiger partial charge in [-0.3, -0.25) is 4.68 Å². The zero-order valence-corrected chi connectivity index (χ0v) is 31.8. The van der Waals surface area contributed by atoms with Gasteiger partial charge in [0.05, 0.1) is 5.69 Å². The molecule has 0 saturated heterocycles. The van der Waals surface area contributed by atoms with Crippen LogP contribution < -0.4 is 4.74 Å². The monoisotopic (exact) mass is 750 g/mol. The van der Waals surface area contributed by atoms with E-state index in [2.05, 4.69) is 131 Å². The van der Waals surface area contributed by atoms with Crippen LogP contribution >= 0.6 is 0 Å². The maximum Gasteiger partial charge on any atom is 2.00 e. The summed E-state index contributed by atoms with van der Waals surface area (Å²) in [6.07, 6.45) is 4.97. The van der Waals surface area contributed by atoms with Gasteiger partial charge in [-0.1, -0.05) is 75.5 Å². The Kier molecular flexibility index (Phi) is 10.2. The summed E-state index contributed by atoms with van der Waals surface area (Å²) in [6.45, 7) is 17.6. The van der Waals surface area contributed by atoms with Crippen LogP contribution in [0.2, 0.25) is 0 Å². The van der Waals surface area contributed by atoms with Gasteiger partial charge in [-0.2, -0.15) is 16.7 Å². The molecule has 50 heavy (non-hydrogen) atoms. The molecule has 3 heterocycles.